The fourth-order valence-electron chi connectivity index (χ4n) is 2.88. The monoisotopic (exact) mass is 341 g/mol. The van der Waals surface area contributed by atoms with Crippen LogP contribution in [-0.2, 0) is 4.79 Å². The topological polar surface area (TPSA) is 85.6 Å². The van der Waals surface area contributed by atoms with Crippen molar-refractivity contribution in [3.63, 3.8) is 0 Å². The van der Waals surface area contributed by atoms with Crippen molar-refractivity contribution in [1.82, 2.24) is 5.32 Å². The zero-order chi connectivity index (χ0) is 18.4. The van der Waals surface area contributed by atoms with Gasteiger partial charge in [0.1, 0.15) is 23.0 Å². The Morgan fingerprint density at radius 2 is 1.96 bits per heavy atom. The van der Waals surface area contributed by atoms with E-state index in [1.165, 1.54) is 30.5 Å². The van der Waals surface area contributed by atoms with Gasteiger partial charge in [-0.15, -0.1) is 0 Å². The van der Waals surface area contributed by atoms with Crippen molar-refractivity contribution in [2.75, 3.05) is 0 Å². The Balaban J connectivity index is 2.07. The van der Waals surface area contributed by atoms with Gasteiger partial charge in [-0.25, -0.2) is 0 Å². The lowest BCUT2D eigenvalue weighted by Crippen LogP contribution is -2.59. The van der Waals surface area contributed by atoms with Crippen LogP contribution in [0.5, 0.6) is 5.75 Å². The van der Waals surface area contributed by atoms with Crippen LogP contribution in [0, 0.1) is 0 Å². The molecule has 1 aliphatic heterocycles. The Hall–Kier alpha value is -2.89. The number of ketones is 1. The molecule has 130 valence electrons. The van der Waals surface area contributed by atoms with Crippen LogP contribution in [0.1, 0.15) is 38.1 Å². The van der Waals surface area contributed by atoms with Crippen LogP contribution >= 0.6 is 0 Å². The maximum atomic E-state index is 12.9. The summed E-state index contributed by atoms with van der Waals surface area (Å²) in [4.78, 5) is 37.0. The average Bonchev–Trinajstić information content (AvgIpc) is 2.50. The molecule has 1 amide bonds. The summed E-state index contributed by atoms with van der Waals surface area (Å²) in [7, 11) is 0. The van der Waals surface area contributed by atoms with Gasteiger partial charge in [-0.3, -0.25) is 14.4 Å². The molecule has 2 heterocycles. The second-order valence-corrected chi connectivity index (χ2v) is 6.86. The summed E-state index contributed by atoms with van der Waals surface area (Å²) in [6.45, 7) is 7.04. The molecule has 6 heteroatoms. The van der Waals surface area contributed by atoms with Crippen LogP contribution in [-0.4, -0.2) is 23.3 Å². The molecule has 0 saturated heterocycles. The lowest BCUT2D eigenvalue weighted by molar-refractivity contribution is -0.118. The third kappa shape index (κ3) is 3.07. The van der Waals surface area contributed by atoms with Crippen LogP contribution < -0.4 is 15.5 Å². The maximum Gasteiger partial charge on any atom is 0.244 e. The molecule has 0 spiro atoms. The van der Waals surface area contributed by atoms with E-state index in [9.17, 15) is 14.4 Å². The largest absolute Gasteiger partial charge is 0.484 e. The van der Waals surface area contributed by atoms with E-state index in [0.717, 1.165) is 5.57 Å². The minimum absolute atomic E-state index is 0.211. The number of carbonyl (C=O) groups excluding carboxylic acids is 2. The highest BCUT2D eigenvalue weighted by Crippen LogP contribution is 2.35. The Morgan fingerprint density at radius 3 is 2.64 bits per heavy atom. The molecule has 1 aromatic heterocycles. The molecule has 2 aromatic rings. The van der Waals surface area contributed by atoms with Gasteiger partial charge in [0.25, 0.3) is 0 Å². The summed E-state index contributed by atoms with van der Waals surface area (Å²) in [5, 5.41) is 3.05. The number of carbonyl (C=O) groups is 2. The zero-order valence-electron chi connectivity index (χ0n) is 14.5. The second kappa shape index (κ2) is 5.88. The van der Waals surface area contributed by atoms with Crippen LogP contribution in [0.4, 0.5) is 0 Å². The van der Waals surface area contributed by atoms with E-state index in [4.69, 9.17) is 9.15 Å². The van der Waals surface area contributed by atoms with E-state index in [-0.39, 0.29) is 22.7 Å². The van der Waals surface area contributed by atoms with Gasteiger partial charge in [0.2, 0.25) is 5.91 Å². The molecular weight excluding hydrogens is 322 g/mol. The van der Waals surface area contributed by atoms with E-state index >= 15 is 0 Å². The number of ether oxygens (including phenoxy) is 1. The summed E-state index contributed by atoms with van der Waals surface area (Å²) in [5.41, 5.74) is 0.239. The van der Waals surface area contributed by atoms with Crippen LogP contribution in [0.2, 0.25) is 0 Å². The SMILES string of the molecule is CC(C)=CC(=O)NC1C(=O)c2cc3occc(=O)c3cc2OC1(C)C. The molecule has 1 unspecified atom stereocenters. The van der Waals surface area contributed by atoms with Crippen molar-refractivity contribution < 1.29 is 18.7 Å². The normalized spacial score (nSPS) is 18.2. The molecule has 25 heavy (non-hydrogen) atoms. The van der Waals surface area contributed by atoms with Gasteiger partial charge in [-0.2, -0.15) is 0 Å². The van der Waals surface area contributed by atoms with Gasteiger partial charge in [0.05, 0.1) is 17.2 Å². The van der Waals surface area contributed by atoms with Crippen LogP contribution in [0.25, 0.3) is 11.0 Å². The first-order chi connectivity index (χ1) is 11.7. The average molecular weight is 341 g/mol. The number of nitrogens with one attached hydrogen (secondary N) is 1. The third-order valence-corrected chi connectivity index (χ3v) is 4.06. The fourth-order valence-corrected chi connectivity index (χ4v) is 2.88. The molecule has 0 saturated carbocycles. The molecule has 1 atom stereocenters. The maximum absolute atomic E-state index is 12.9. The van der Waals surface area contributed by atoms with E-state index in [0.29, 0.717) is 16.7 Å². The molecule has 6 nitrogen and oxygen atoms in total. The molecule has 0 fully saturated rings. The molecule has 3 rings (SSSR count). The first-order valence-electron chi connectivity index (χ1n) is 7.93. The number of amides is 1. The number of Topliss-reactive ketones (excluding diaryl/α,β-unsaturated/α-hetero) is 1. The Morgan fingerprint density at radius 1 is 1.24 bits per heavy atom. The van der Waals surface area contributed by atoms with Gasteiger partial charge in [0.15, 0.2) is 11.2 Å². The third-order valence-electron chi connectivity index (χ3n) is 4.06. The molecule has 1 aromatic carbocycles. The zero-order valence-corrected chi connectivity index (χ0v) is 14.5. The van der Waals surface area contributed by atoms with Crippen molar-refractivity contribution in [2.24, 2.45) is 0 Å². The fraction of sp³-hybridized carbons (Fsp3) is 0.316. The van der Waals surface area contributed by atoms with Crippen molar-refractivity contribution in [2.45, 2.75) is 39.3 Å². The number of hydrogen-bond acceptors (Lipinski definition) is 5. The standard InChI is InChI=1S/C19H19NO5/c1-10(2)7-16(22)20-18-17(23)12-9-14-11(13(21)5-6-24-14)8-15(12)25-19(18,3)4/h5-9,18H,1-4H3,(H,20,22). The van der Waals surface area contributed by atoms with Crippen molar-refractivity contribution in [3.8, 4) is 5.75 Å². The van der Waals surface area contributed by atoms with Gasteiger partial charge in [0, 0.05) is 12.1 Å². The number of rotatable bonds is 2. The van der Waals surface area contributed by atoms with Gasteiger partial charge < -0.3 is 14.5 Å². The summed E-state index contributed by atoms with van der Waals surface area (Å²) >= 11 is 0. The smallest absolute Gasteiger partial charge is 0.244 e. The van der Waals surface area contributed by atoms with Crippen LogP contribution in [0.15, 0.2) is 45.3 Å². The molecule has 0 radical (unpaired) electrons. The van der Waals surface area contributed by atoms with E-state index in [1.54, 1.807) is 27.7 Å². The Labute approximate surface area is 144 Å². The van der Waals surface area contributed by atoms with E-state index < -0.39 is 11.6 Å². The summed E-state index contributed by atoms with van der Waals surface area (Å²) in [6.07, 6.45) is 2.71. The predicted octanol–water partition coefficient (Wildman–Crippen LogP) is 2.60. The van der Waals surface area contributed by atoms with Gasteiger partial charge in [-0.1, -0.05) is 5.57 Å². The first kappa shape index (κ1) is 17.0. The lowest BCUT2D eigenvalue weighted by atomic mass is 9.87. The highest BCUT2D eigenvalue weighted by Gasteiger charge is 2.44. The molecule has 1 aliphatic rings. The highest BCUT2D eigenvalue weighted by molar-refractivity contribution is 6.08. The number of fused-ring (bicyclic) bond motifs is 2. The minimum atomic E-state index is -0.960. The molecule has 0 bridgehead atoms. The van der Waals surface area contributed by atoms with Crippen molar-refractivity contribution in [3.05, 3.63) is 51.9 Å². The minimum Gasteiger partial charge on any atom is -0.484 e. The summed E-state index contributed by atoms with van der Waals surface area (Å²) in [5.74, 6) is -0.324. The van der Waals surface area contributed by atoms with E-state index in [2.05, 4.69) is 5.32 Å². The Kier molecular flexibility index (Phi) is 3.99. The lowest BCUT2D eigenvalue weighted by Gasteiger charge is -2.38. The Bertz CT molecular complexity index is 963. The number of allylic oxidation sites excluding steroid dienone is 1. The first-order valence-corrected chi connectivity index (χ1v) is 7.93. The highest BCUT2D eigenvalue weighted by atomic mass is 16.5. The summed E-state index contributed by atoms with van der Waals surface area (Å²) < 4.78 is 11.3. The second-order valence-electron chi connectivity index (χ2n) is 6.86. The van der Waals surface area contributed by atoms with Gasteiger partial charge in [-0.05, 0) is 39.8 Å². The quantitative estimate of drug-likeness (QED) is 0.849. The van der Waals surface area contributed by atoms with Crippen molar-refractivity contribution >= 4 is 22.7 Å². The van der Waals surface area contributed by atoms with Crippen molar-refractivity contribution in [1.29, 1.82) is 0 Å². The number of benzene rings is 1. The van der Waals surface area contributed by atoms with E-state index in [1.807, 2.05) is 0 Å². The molecule has 1 N–H and O–H groups in total. The molecular formula is C19H19NO5. The molecule has 0 aliphatic carbocycles. The summed E-state index contributed by atoms with van der Waals surface area (Å²) in [6, 6.07) is 3.47. The van der Waals surface area contributed by atoms with Gasteiger partial charge >= 0.3 is 0 Å². The van der Waals surface area contributed by atoms with Crippen LogP contribution in [0.3, 0.4) is 0 Å². The predicted molar refractivity (Wildman–Crippen MR) is 92.9 cm³/mol. The number of hydrogen-bond donors (Lipinski definition) is 1.